The number of amides is 1. The second kappa shape index (κ2) is 10.4. The summed E-state index contributed by atoms with van der Waals surface area (Å²) in [4.78, 5) is 24.6. The van der Waals surface area contributed by atoms with Crippen molar-refractivity contribution in [3.63, 3.8) is 0 Å². The van der Waals surface area contributed by atoms with E-state index in [0.29, 0.717) is 24.3 Å². The maximum Gasteiger partial charge on any atom is 0.338 e. The van der Waals surface area contributed by atoms with Crippen molar-refractivity contribution >= 4 is 27.6 Å². The minimum atomic E-state index is -3.71. The number of nitrogens with zero attached hydrogens (tertiary/aromatic N) is 1. The molecule has 0 unspecified atom stereocenters. The van der Waals surface area contributed by atoms with Gasteiger partial charge < -0.3 is 10.1 Å². The van der Waals surface area contributed by atoms with Gasteiger partial charge in [0.15, 0.2) is 6.61 Å². The van der Waals surface area contributed by atoms with E-state index in [1.807, 2.05) is 19.1 Å². The summed E-state index contributed by atoms with van der Waals surface area (Å²) < 4.78 is 31.8. The SMILES string of the molecule is CCc1ccc(NC(=O)COC(=O)c2cc(S(=O)(=O)N(CC)CC)ccc2C)cc1. The molecule has 162 valence electrons. The molecule has 8 heteroatoms. The highest BCUT2D eigenvalue weighted by atomic mass is 32.2. The number of carbonyl (C=O) groups is 2. The molecule has 0 spiro atoms. The Morgan fingerprint density at radius 2 is 1.63 bits per heavy atom. The van der Waals surface area contributed by atoms with E-state index in [1.165, 1.54) is 16.4 Å². The van der Waals surface area contributed by atoms with Crippen LogP contribution in [0.2, 0.25) is 0 Å². The summed E-state index contributed by atoms with van der Waals surface area (Å²) in [5.41, 5.74) is 2.43. The van der Waals surface area contributed by atoms with E-state index in [9.17, 15) is 18.0 Å². The Balaban J connectivity index is 2.08. The van der Waals surface area contributed by atoms with E-state index in [1.54, 1.807) is 39.0 Å². The van der Waals surface area contributed by atoms with Crippen LogP contribution in [0.4, 0.5) is 5.69 Å². The average Bonchev–Trinajstić information content (AvgIpc) is 2.73. The van der Waals surface area contributed by atoms with Gasteiger partial charge >= 0.3 is 5.97 Å². The number of rotatable bonds is 9. The minimum Gasteiger partial charge on any atom is -0.452 e. The van der Waals surface area contributed by atoms with Crippen molar-refractivity contribution < 1.29 is 22.7 Å². The second-order valence-corrected chi connectivity index (χ2v) is 8.68. The first kappa shape index (κ1) is 23.6. The number of esters is 1. The minimum absolute atomic E-state index is 0.0178. The summed E-state index contributed by atoms with van der Waals surface area (Å²) >= 11 is 0. The number of hydrogen-bond acceptors (Lipinski definition) is 5. The fraction of sp³-hybridized carbons (Fsp3) is 0.364. The zero-order valence-corrected chi connectivity index (χ0v) is 18.6. The lowest BCUT2D eigenvalue weighted by Crippen LogP contribution is -2.30. The van der Waals surface area contributed by atoms with Gasteiger partial charge in [-0.1, -0.05) is 39.0 Å². The lowest BCUT2D eigenvalue weighted by Gasteiger charge is -2.19. The number of sulfonamides is 1. The maximum absolute atomic E-state index is 12.7. The first-order valence-electron chi connectivity index (χ1n) is 9.89. The van der Waals surface area contributed by atoms with E-state index in [0.717, 1.165) is 12.0 Å². The lowest BCUT2D eigenvalue weighted by molar-refractivity contribution is -0.119. The predicted octanol–water partition coefficient (Wildman–Crippen LogP) is 3.38. The first-order valence-corrected chi connectivity index (χ1v) is 11.3. The highest BCUT2D eigenvalue weighted by Gasteiger charge is 2.24. The van der Waals surface area contributed by atoms with E-state index in [2.05, 4.69) is 5.32 Å². The fourth-order valence-corrected chi connectivity index (χ4v) is 4.41. The summed E-state index contributed by atoms with van der Waals surface area (Å²) in [6.07, 6.45) is 0.897. The normalized spacial score (nSPS) is 11.4. The summed E-state index contributed by atoms with van der Waals surface area (Å²) in [6.45, 7) is 7.40. The first-order chi connectivity index (χ1) is 14.2. The quantitative estimate of drug-likeness (QED) is 0.613. The van der Waals surface area contributed by atoms with Gasteiger partial charge in [0.05, 0.1) is 10.5 Å². The van der Waals surface area contributed by atoms with Crippen molar-refractivity contribution in [1.29, 1.82) is 0 Å². The molecule has 2 aromatic carbocycles. The maximum atomic E-state index is 12.7. The van der Waals surface area contributed by atoms with Gasteiger partial charge in [0.2, 0.25) is 10.0 Å². The van der Waals surface area contributed by atoms with Crippen LogP contribution in [0.3, 0.4) is 0 Å². The molecular formula is C22H28N2O5S. The Bertz CT molecular complexity index is 997. The van der Waals surface area contributed by atoms with Crippen LogP contribution in [0.1, 0.15) is 42.3 Å². The Hall–Kier alpha value is -2.71. The van der Waals surface area contributed by atoms with Crippen molar-refractivity contribution in [3.8, 4) is 0 Å². The van der Waals surface area contributed by atoms with E-state index in [-0.39, 0.29) is 10.5 Å². The van der Waals surface area contributed by atoms with Crippen LogP contribution in [0.25, 0.3) is 0 Å². The van der Waals surface area contributed by atoms with Crippen molar-refractivity contribution in [3.05, 3.63) is 59.2 Å². The Kier molecular flexibility index (Phi) is 8.14. The van der Waals surface area contributed by atoms with Crippen LogP contribution in [0, 0.1) is 6.92 Å². The molecule has 0 bridgehead atoms. The van der Waals surface area contributed by atoms with E-state index in [4.69, 9.17) is 4.74 Å². The van der Waals surface area contributed by atoms with Gasteiger partial charge in [-0.05, 0) is 48.7 Å². The largest absolute Gasteiger partial charge is 0.452 e. The third kappa shape index (κ3) is 5.67. The molecule has 30 heavy (non-hydrogen) atoms. The molecule has 0 aliphatic carbocycles. The number of carbonyl (C=O) groups excluding carboxylic acids is 2. The number of hydrogen-bond donors (Lipinski definition) is 1. The Morgan fingerprint density at radius 3 is 2.20 bits per heavy atom. The standard InChI is InChI=1S/C22H28N2O5S/c1-5-17-9-11-18(12-10-17)23-21(25)15-29-22(26)20-14-19(13-8-16(20)4)30(27,28)24(6-2)7-3/h8-14H,5-7,15H2,1-4H3,(H,23,25). The van der Waals surface area contributed by atoms with Gasteiger partial charge in [-0.15, -0.1) is 0 Å². The molecule has 1 N–H and O–H groups in total. The Labute approximate surface area is 178 Å². The highest BCUT2D eigenvalue weighted by Crippen LogP contribution is 2.20. The van der Waals surface area contributed by atoms with Gasteiger partial charge in [-0.25, -0.2) is 13.2 Å². The van der Waals surface area contributed by atoms with Crippen LogP contribution < -0.4 is 5.32 Å². The fourth-order valence-electron chi connectivity index (χ4n) is 2.92. The molecule has 0 fully saturated rings. The van der Waals surface area contributed by atoms with Crippen molar-refractivity contribution in [2.75, 3.05) is 25.0 Å². The third-order valence-electron chi connectivity index (χ3n) is 4.75. The van der Waals surface area contributed by atoms with Crippen molar-refractivity contribution in [2.45, 2.75) is 39.0 Å². The predicted molar refractivity (Wildman–Crippen MR) is 116 cm³/mol. The molecule has 2 aromatic rings. The molecule has 0 saturated heterocycles. The smallest absolute Gasteiger partial charge is 0.338 e. The lowest BCUT2D eigenvalue weighted by atomic mass is 10.1. The summed E-state index contributed by atoms with van der Waals surface area (Å²) in [6, 6.07) is 11.7. The topological polar surface area (TPSA) is 92.8 Å². The highest BCUT2D eigenvalue weighted by molar-refractivity contribution is 7.89. The van der Waals surface area contributed by atoms with Crippen LogP contribution in [0.5, 0.6) is 0 Å². The molecule has 0 saturated carbocycles. The summed E-state index contributed by atoms with van der Waals surface area (Å²) in [5.74, 6) is -1.22. The molecule has 7 nitrogen and oxygen atoms in total. The van der Waals surface area contributed by atoms with E-state index < -0.39 is 28.5 Å². The molecule has 0 radical (unpaired) electrons. The molecule has 0 aliphatic rings. The van der Waals surface area contributed by atoms with E-state index >= 15 is 0 Å². The van der Waals surface area contributed by atoms with Crippen LogP contribution >= 0.6 is 0 Å². The second-order valence-electron chi connectivity index (χ2n) is 6.74. The number of ether oxygens (including phenoxy) is 1. The number of aryl methyl sites for hydroxylation is 2. The van der Waals surface area contributed by atoms with Gasteiger partial charge in [0.1, 0.15) is 0 Å². The van der Waals surface area contributed by atoms with Gasteiger partial charge in [0, 0.05) is 18.8 Å². The number of benzene rings is 2. The molecule has 0 aromatic heterocycles. The van der Waals surface area contributed by atoms with Crippen molar-refractivity contribution in [1.82, 2.24) is 4.31 Å². The average molecular weight is 433 g/mol. The molecule has 0 heterocycles. The number of nitrogens with one attached hydrogen (secondary N) is 1. The Morgan fingerprint density at radius 1 is 1.00 bits per heavy atom. The van der Waals surface area contributed by atoms with Crippen LogP contribution in [0.15, 0.2) is 47.4 Å². The molecule has 2 rings (SSSR count). The van der Waals surface area contributed by atoms with Gasteiger partial charge in [-0.3, -0.25) is 4.79 Å². The molecular weight excluding hydrogens is 404 g/mol. The molecule has 0 aliphatic heterocycles. The van der Waals surface area contributed by atoms with Crippen molar-refractivity contribution in [2.24, 2.45) is 0 Å². The van der Waals surface area contributed by atoms with Gasteiger partial charge in [0.25, 0.3) is 5.91 Å². The number of anilines is 1. The van der Waals surface area contributed by atoms with Crippen LogP contribution in [-0.4, -0.2) is 44.3 Å². The van der Waals surface area contributed by atoms with Crippen LogP contribution in [-0.2, 0) is 26.0 Å². The van der Waals surface area contributed by atoms with Gasteiger partial charge in [-0.2, -0.15) is 4.31 Å². The zero-order chi connectivity index (χ0) is 22.3. The zero-order valence-electron chi connectivity index (χ0n) is 17.8. The summed E-state index contributed by atoms with van der Waals surface area (Å²) in [7, 11) is -3.71. The monoisotopic (exact) mass is 432 g/mol. The molecule has 1 amide bonds. The molecule has 0 atom stereocenters. The summed E-state index contributed by atoms with van der Waals surface area (Å²) in [5, 5.41) is 2.66. The third-order valence-corrected chi connectivity index (χ3v) is 6.80.